The van der Waals surface area contributed by atoms with Gasteiger partial charge in [-0.25, -0.2) is 4.39 Å². The molecule has 0 aromatic carbocycles. The number of rotatable bonds is 3. The summed E-state index contributed by atoms with van der Waals surface area (Å²) in [6.45, 7) is -0.207. The smallest absolute Gasteiger partial charge is 0.146 e. The summed E-state index contributed by atoms with van der Waals surface area (Å²) in [5.41, 5.74) is 8.56. The average Bonchev–Trinajstić information content (AvgIpc) is 1.89. The zero-order valence-corrected chi connectivity index (χ0v) is 7.68. The zero-order valence-electron chi connectivity index (χ0n) is 6.05. The normalized spacial score (nSPS) is 8.91. The molecule has 0 aliphatic carbocycles. The van der Waals surface area contributed by atoms with Crippen molar-refractivity contribution in [1.29, 1.82) is 0 Å². The van der Waals surface area contributed by atoms with Crippen LogP contribution >= 0.6 is 24.8 Å². The van der Waals surface area contributed by atoms with E-state index in [4.69, 9.17) is 17.9 Å². The van der Waals surface area contributed by atoms with E-state index in [9.17, 15) is 4.39 Å². The first-order valence-electron chi connectivity index (χ1n) is 2.71. The van der Waals surface area contributed by atoms with Crippen LogP contribution in [-0.2, 0) is 0 Å². The molecule has 0 heterocycles. The van der Waals surface area contributed by atoms with Crippen LogP contribution in [0.15, 0.2) is 0 Å². The molecule has 0 atom stereocenters. The minimum absolute atomic E-state index is 0. The molecule has 0 radical (unpaired) electrons. The predicted octanol–water partition coefficient (Wildman–Crippen LogP) is 0.479. The molecule has 5 heteroatoms. The minimum atomic E-state index is -1.55. The van der Waals surface area contributed by atoms with Crippen LogP contribution in [0.1, 0.15) is 6.42 Å². The van der Waals surface area contributed by atoms with Gasteiger partial charge in [0.2, 0.25) is 0 Å². The zero-order chi connectivity index (χ0) is 7.33. The highest BCUT2D eigenvalue weighted by Crippen LogP contribution is 2.10. The number of terminal acetylenes is 1. The summed E-state index contributed by atoms with van der Waals surface area (Å²) in [6.07, 6.45) is 4.86. The van der Waals surface area contributed by atoms with Crippen LogP contribution in [0.5, 0.6) is 0 Å². The van der Waals surface area contributed by atoms with Crippen LogP contribution in [0, 0.1) is 12.3 Å². The molecule has 0 rings (SSSR count). The van der Waals surface area contributed by atoms with Gasteiger partial charge in [-0.15, -0.1) is 37.2 Å². The summed E-state index contributed by atoms with van der Waals surface area (Å²) in [4.78, 5) is 0. The summed E-state index contributed by atoms with van der Waals surface area (Å²) in [7, 11) is 0. The molecular weight excluding hydrogens is 190 g/mol. The van der Waals surface area contributed by atoms with Gasteiger partial charge in [0.25, 0.3) is 0 Å². The van der Waals surface area contributed by atoms with Gasteiger partial charge in [0, 0.05) is 19.5 Å². The Balaban J connectivity index is -0.000000320. The lowest BCUT2D eigenvalue weighted by Crippen LogP contribution is -2.40. The second kappa shape index (κ2) is 8.09. The van der Waals surface area contributed by atoms with Crippen LogP contribution in [0.25, 0.3) is 0 Å². The monoisotopic (exact) mass is 202 g/mol. The van der Waals surface area contributed by atoms with Crippen molar-refractivity contribution >= 4 is 24.8 Å². The average molecular weight is 203 g/mol. The molecule has 4 N–H and O–H groups in total. The van der Waals surface area contributed by atoms with Gasteiger partial charge in [-0.3, -0.25) is 0 Å². The predicted molar refractivity (Wildman–Crippen MR) is 49.9 cm³/mol. The fourth-order valence-corrected chi connectivity index (χ4v) is 0.411. The van der Waals surface area contributed by atoms with Gasteiger partial charge >= 0.3 is 0 Å². The third kappa shape index (κ3) is 6.39. The second-order valence-corrected chi connectivity index (χ2v) is 1.94. The molecule has 0 aromatic rings. The Morgan fingerprint density at radius 2 is 1.64 bits per heavy atom. The van der Waals surface area contributed by atoms with Crippen molar-refractivity contribution in [3.8, 4) is 12.3 Å². The first-order valence-corrected chi connectivity index (χ1v) is 2.71. The Morgan fingerprint density at radius 1 is 1.27 bits per heavy atom. The molecule has 68 valence electrons. The third-order valence-electron chi connectivity index (χ3n) is 1.15. The van der Waals surface area contributed by atoms with Crippen molar-refractivity contribution in [2.75, 3.05) is 13.1 Å². The maximum absolute atomic E-state index is 12.9. The maximum Gasteiger partial charge on any atom is 0.146 e. The molecule has 11 heavy (non-hydrogen) atoms. The molecule has 0 unspecified atom stereocenters. The summed E-state index contributed by atoms with van der Waals surface area (Å²) >= 11 is 0. The van der Waals surface area contributed by atoms with Crippen LogP contribution in [0.4, 0.5) is 4.39 Å². The van der Waals surface area contributed by atoms with Gasteiger partial charge in [-0.2, -0.15) is 0 Å². The van der Waals surface area contributed by atoms with E-state index in [0.717, 1.165) is 0 Å². The topological polar surface area (TPSA) is 52.0 Å². The summed E-state index contributed by atoms with van der Waals surface area (Å²) in [5.74, 6) is 2.18. The molecule has 2 nitrogen and oxygen atoms in total. The van der Waals surface area contributed by atoms with Gasteiger partial charge in [-0.05, 0) is 0 Å². The molecule has 0 saturated heterocycles. The molecule has 0 aliphatic heterocycles. The Labute approximate surface area is 78.7 Å². The van der Waals surface area contributed by atoms with E-state index in [1.807, 2.05) is 0 Å². The number of nitrogens with two attached hydrogens (primary N) is 2. The van der Waals surface area contributed by atoms with Crippen molar-refractivity contribution in [3.05, 3.63) is 0 Å². The standard InChI is InChI=1S/C6H11FN2.2ClH/c1-2-3-6(7,4-8)5-9;;/h1H,3-5,8-9H2;2*1H. The molecule has 0 aliphatic rings. The summed E-state index contributed by atoms with van der Waals surface area (Å²) in [6, 6.07) is 0. The van der Waals surface area contributed by atoms with E-state index in [-0.39, 0.29) is 44.3 Å². The quantitative estimate of drug-likeness (QED) is 0.655. The fourth-order valence-electron chi connectivity index (χ4n) is 0.411. The molecule has 0 fully saturated rings. The molecular formula is C6H13Cl2FN2. The number of alkyl halides is 1. The van der Waals surface area contributed by atoms with E-state index in [1.54, 1.807) is 0 Å². The Kier molecular flexibility index (Phi) is 12.6. The van der Waals surface area contributed by atoms with Gasteiger partial charge in [0.15, 0.2) is 0 Å². The SMILES string of the molecule is C#CCC(F)(CN)CN.Cl.Cl. The van der Waals surface area contributed by atoms with Gasteiger partial charge in [-0.1, -0.05) is 0 Å². The van der Waals surface area contributed by atoms with Gasteiger partial charge < -0.3 is 11.5 Å². The largest absolute Gasteiger partial charge is 0.327 e. The van der Waals surface area contributed by atoms with E-state index in [0.29, 0.717) is 0 Å². The van der Waals surface area contributed by atoms with Crippen molar-refractivity contribution in [3.63, 3.8) is 0 Å². The van der Waals surface area contributed by atoms with Crippen LogP contribution in [0.2, 0.25) is 0 Å². The van der Waals surface area contributed by atoms with E-state index in [1.165, 1.54) is 0 Å². The van der Waals surface area contributed by atoms with Gasteiger partial charge in [0.05, 0.1) is 0 Å². The molecule has 0 amide bonds. The molecule has 0 bridgehead atoms. The Hall–Kier alpha value is -0.0100. The lowest BCUT2D eigenvalue weighted by Gasteiger charge is -2.17. The Bertz CT molecular complexity index is 120. The van der Waals surface area contributed by atoms with Crippen LogP contribution in [-0.4, -0.2) is 18.8 Å². The second-order valence-electron chi connectivity index (χ2n) is 1.94. The number of halogens is 3. The van der Waals surface area contributed by atoms with Crippen molar-refractivity contribution in [1.82, 2.24) is 0 Å². The summed E-state index contributed by atoms with van der Waals surface area (Å²) < 4.78 is 12.9. The fraction of sp³-hybridized carbons (Fsp3) is 0.667. The van der Waals surface area contributed by atoms with Crippen molar-refractivity contribution in [2.45, 2.75) is 12.1 Å². The van der Waals surface area contributed by atoms with E-state index >= 15 is 0 Å². The molecule has 0 saturated carbocycles. The highest BCUT2D eigenvalue weighted by Gasteiger charge is 2.24. The van der Waals surface area contributed by atoms with Crippen molar-refractivity contribution < 1.29 is 4.39 Å². The number of hydrogen-bond donors (Lipinski definition) is 2. The van der Waals surface area contributed by atoms with E-state index < -0.39 is 5.67 Å². The lowest BCUT2D eigenvalue weighted by molar-refractivity contribution is 0.191. The highest BCUT2D eigenvalue weighted by atomic mass is 35.5. The minimum Gasteiger partial charge on any atom is -0.327 e. The van der Waals surface area contributed by atoms with Gasteiger partial charge in [0.1, 0.15) is 5.67 Å². The first kappa shape index (κ1) is 17.2. The number of hydrogen-bond acceptors (Lipinski definition) is 2. The lowest BCUT2D eigenvalue weighted by atomic mass is 10.0. The molecule has 0 aromatic heterocycles. The van der Waals surface area contributed by atoms with Crippen LogP contribution < -0.4 is 11.5 Å². The maximum atomic E-state index is 12.9. The third-order valence-corrected chi connectivity index (χ3v) is 1.15. The highest BCUT2D eigenvalue weighted by molar-refractivity contribution is 5.85. The van der Waals surface area contributed by atoms with E-state index in [2.05, 4.69) is 5.92 Å². The summed E-state index contributed by atoms with van der Waals surface area (Å²) in [5, 5.41) is 0. The molecule has 0 spiro atoms. The Morgan fingerprint density at radius 3 is 1.73 bits per heavy atom. The van der Waals surface area contributed by atoms with Crippen LogP contribution in [0.3, 0.4) is 0 Å². The first-order chi connectivity index (χ1) is 4.18. The van der Waals surface area contributed by atoms with Crippen molar-refractivity contribution in [2.24, 2.45) is 11.5 Å².